The minimum atomic E-state index is -0.100. The van der Waals surface area contributed by atoms with Crippen LogP contribution in [-0.4, -0.2) is 12.9 Å². The van der Waals surface area contributed by atoms with Crippen LogP contribution in [-0.2, 0) is 17.6 Å². The number of fused-ring (bicyclic) bond motifs is 2. The summed E-state index contributed by atoms with van der Waals surface area (Å²) in [5, 5.41) is 4.26. The lowest BCUT2D eigenvalue weighted by Crippen LogP contribution is -2.25. The summed E-state index contributed by atoms with van der Waals surface area (Å²) in [4.78, 5) is 0. The van der Waals surface area contributed by atoms with Crippen LogP contribution in [0.25, 0.3) is 0 Å². The number of nitrogens with one attached hydrogen (secondary N) is 1. The number of ether oxygens (including phenoxy) is 2. The van der Waals surface area contributed by atoms with Gasteiger partial charge < -0.3 is 14.8 Å². The zero-order valence-electron chi connectivity index (χ0n) is 13.0. The Hall–Kier alpha value is -1.71. The fraction of sp³-hybridized carbons (Fsp3) is 0.368. The summed E-state index contributed by atoms with van der Waals surface area (Å²) in [5.74, 6) is 0.890. The second-order valence-corrected chi connectivity index (χ2v) is 6.60. The van der Waals surface area contributed by atoms with Crippen molar-refractivity contribution in [3.63, 3.8) is 0 Å². The lowest BCUT2D eigenvalue weighted by atomic mass is 10.0. The Kier molecular flexibility index (Phi) is 4.15. The van der Waals surface area contributed by atoms with Gasteiger partial charge in [-0.15, -0.1) is 0 Å². The number of rotatable bonds is 2. The standard InChI is InChI=1S/C19H20ClNO2/c20-15-7-6-13-4-5-14-11-16(23-19-3-1-2-10-22-19)8-9-17(14)21-18(13)12-15/h6-9,11-12,19,21H,1-5,10H2. The highest BCUT2D eigenvalue weighted by Crippen LogP contribution is 2.34. The molecule has 0 spiro atoms. The van der Waals surface area contributed by atoms with Crippen molar-refractivity contribution in [3.8, 4) is 5.75 Å². The van der Waals surface area contributed by atoms with Crippen LogP contribution in [0.1, 0.15) is 30.4 Å². The summed E-state index contributed by atoms with van der Waals surface area (Å²) >= 11 is 6.12. The lowest BCUT2D eigenvalue weighted by molar-refractivity contribution is -0.105. The van der Waals surface area contributed by atoms with E-state index in [1.165, 1.54) is 17.5 Å². The highest BCUT2D eigenvalue weighted by atomic mass is 35.5. The molecule has 2 heterocycles. The Morgan fingerprint density at radius 1 is 1.00 bits per heavy atom. The van der Waals surface area contributed by atoms with E-state index >= 15 is 0 Å². The van der Waals surface area contributed by atoms with Crippen LogP contribution in [0.4, 0.5) is 11.4 Å². The Morgan fingerprint density at radius 3 is 2.78 bits per heavy atom. The van der Waals surface area contributed by atoms with Gasteiger partial charge in [-0.2, -0.15) is 0 Å². The number of anilines is 2. The van der Waals surface area contributed by atoms with Crippen molar-refractivity contribution in [2.75, 3.05) is 11.9 Å². The monoisotopic (exact) mass is 329 g/mol. The van der Waals surface area contributed by atoms with Crippen molar-refractivity contribution >= 4 is 23.0 Å². The van der Waals surface area contributed by atoms with Crippen LogP contribution in [0.3, 0.4) is 0 Å². The van der Waals surface area contributed by atoms with Gasteiger partial charge in [0, 0.05) is 22.8 Å². The predicted octanol–water partition coefficient (Wildman–Crippen LogP) is 5.09. The molecule has 2 aromatic rings. The molecule has 1 fully saturated rings. The zero-order chi connectivity index (χ0) is 15.6. The lowest BCUT2D eigenvalue weighted by Gasteiger charge is -2.24. The third kappa shape index (κ3) is 3.31. The van der Waals surface area contributed by atoms with E-state index in [0.717, 1.165) is 54.4 Å². The Morgan fingerprint density at radius 2 is 1.91 bits per heavy atom. The smallest absolute Gasteiger partial charge is 0.199 e. The average Bonchev–Trinajstić information content (AvgIpc) is 2.74. The van der Waals surface area contributed by atoms with Gasteiger partial charge in [0.15, 0.2) is 6.29 Å². The molecular formula is C19H20ClNO2. The highest BCUT2D eigenvalue weighted by Gasteiger charge is 2.17. The van der Waals surface area contributed by atoms with Crippen molar-refractivity contribution in [1.82, 2.24) is 0 Å². The molecule has 1 atom stereocenters. The maximum atomic E-state index is 6.12. The fourth-order valence-electron chi connectivity index (χ4n) is 3.23. The van der Waals surface area contributed by atoms with Crippen LogP contribution in [0.2, 0.25) is 5.02 Å². The van der Waals surface area contributed by atoms with Crippen molar-refractivity contribution < 1.29 is 9.47 Å². The van der Waals surface area contributed by atoms with Gasteiger partial charge in [-0.25, -0.2) is 0 Å². The highest BCUT2D eigenvalue weighted by molar-refractivity contribution is 6.30. The van der Waals surface area contributed by atoms with Crippen molar-refractivity contribution in [3.05, 3.63) is 52.5 Å². The van der Waals surface area contributed by atoms with Crippen molar-refractivity contribution in [1.29, 1.82) is 0 Å². The third-order valence-electron chi connectivity index (χ3n) is 4.49. The van der Waals surface area contributed by atoms with Gasteiger partial charge in [0.2, 0.25) is 0 Å². The van der Waals surface area contributed by atoms with Gasteiger partial charge >= 0.3 is 0 Å². The fourth-order valence-corrected chi connectivity index (χ4v) is 3.40. The molecule has 23 heavy (non-hydrogen) atoms. The summed E-state index contributed by atoms with van der Waals surface area (Å²) in [5.41, 5.74) is 4.79. The van der Waals surface area contributed by atoms with E-state index in [4.69, 9.17) is 21.1 Å². The second-order valence-electron chi connectivity index (χ2n) is 6.16. The first-order valence-corrected chi connectivity index (χ1v) is 8.62. The molecule has 0 amide bonds. The third-order valence-corrected chi connectivity index (χ3v) is 4.72. The molecule has 0 aromatic heterocycles. The maximum Gasteiger partial charge on any atom is 0.199 e. The summed E-state index contributed by atoms with van der Waals surface area (Å²) in [6.45, 7) is 0.799. The topological polar surface area (TPSA) is 30.5 Å². The minimum Gasteiger partial charge on any atom is -0.465 e. The van der Waals surface area contributed by atoms with Crippen LogP contribution in [0.15, 0.2) is 36.4 Å². The Bertz CT molecular complexity index is 711. The average molecular weight is 330 g/mol. The maximum absolute atomic E-state index is 6.12. The van der Waals surface area contributed by atoms with Gasteiger partial charge in [0.1, 0.15) is 5.75 Å². The molecule has 1 saturated heterocycles. The second kappa shape index (κ2) is 6.42. The van der Waals surface area contributed by atoms with Gasteiger partial charge in [0.25, 0.3) is 0 Å². The van der Waals surface area contributed by atoms with Crippen LogP contribution in [0.5, 0.6) is 5.75 Å². The summed E-state index contributed by atoms with van der Waals surface area (Å²) in [6.07, 6.45) is 5.16. The van der Waals surface area contributed by atoms with E-state index in [1.807, 2.05) is 18.2 Å². The van der Waals surface area contributed by atoms with Gasteiger partial charge in [-0.1, -0.05) is 17.7 Å². The molecule has 1 unspecified atom stereocenters. The molecule has 0 saturated carbocycles. The zero-order valence-corrected chi connectivity index (χ0v) is 13.7. The Labute approximate surface area is 141 Å². The molecule has 2 aliphatic rings. The number of aryl methyl sites for hydroxylation is 2. The summed E-state index contributed by atoms with van der Waals surface area (Å²) < 4.78 is 11.6. The molecule has 0 bridgehead atoms. The van der Waals surface area contributed by atoms with E-state index in [2.05, 4.69) is 23.5 Å². The molecule has 120 valence electrons. The van der Waals surface area contributed by atoms with E-state index in [1.54, 1.807) is 0 Å². The molecule has 2 aliphatic heterocycles. The van der Waals surface area contributed by atoms with Gasteiger partial charge in [-0.05, 0) is 67.1 Å². The van der Waals surface area contributed by atoms with Crippen LogP contribution in [0, 0.1) is 0 Å². The summed E-state index contributed by atoms with van der Waals surface area (Å²) in [7, 11) is 0. The number of hydrogen-bond donors (Lipinski definition) is 1. The van der Waals surface area contributed by atoms with Crippen molar-refractivity contribution in [2.24, 2.45) is 0 Å². The van der Waals surface area contributed by atoms with Gasteiger partial charge in [-0.3, -0.25) is 0 Å². The van der Waals surface area contributed by atoms with Gasteiger partial charge in [0.05, 0.1) is 6.61 Å². The first-order chi connectivity index (χ1) is 11.3. The minimum absolute atomic E-state index is 0.100. The quantitative estimate of drug-likeness (QED) is 0.832. The molecule has 4 heteroatoms. The van der Waals surface area contributed by atoms with Crippen LogP contribution < -0.4 is 10.1 Å². The molecular weight excluding hydrogens is 310 g/mol. The molecule has 0 aliphatic carbocycles. The summed E-state index contributed by atoms with van der Waals surface area (Å²) in [6, 6.07) is 12.3. The van der Waals surface area contributed by atoms with Crippen LogP contribution >= 0.6 is 11.6 Å². The first-order valence-electron chi connectivity index (χ1n) is 8.24. The molecule has 0 radical (unpaired) electrons. The molecule has 3 nitrogen and oxygen atoms in total. The normalized spacial score (nSPS) is 20.0. The largest absolute Gasteiger partial charge is 0.465 e. The van der Waals surface area contributed by atoms with E-state index < -0.39 is 0 Å². The number of benzene rings is 2. The molecule has 4 rings (SSSR count). The first kappa shape index (κ1) is 14.9. The molecule has 1 N–H and O–H groups in total. The number of halogens is 1. The van der Waals surface area contributed by atoms with E-state index in [0.29, 0.717) is 0 Å². The van der Waals surface area contributed by atoms with Crippen molar-refractivity contribution in [2.45, 2.75) is 38.4 Å². The Balaban J connectivity index is 1.55. The van der Waals surface area contributed by atoms with E-state index in [-0.39, 0.29) is 6.29 Å². The number of hydrogen-bond acceptors (Lipinski definition) is 3. The van der Waals surface area contributed by atoms with E-state index in [9.17, 15) is 0 Å². The SMILES string of the molecule is Clc1ccc2c(c1)Nc1ccc(OC3CCCCO3)cc1CC2. The molecule has 2 aromatic carbocycles. The predicted molar refractivity (Wildman–Crippen MR) is 92.8 cm³/mol.